The van der Waals surface area contributed by atoms with E-state index in [0.717, 1.165) is 11.4 Å². The maximum absolute atomic E-state index is 11.5. The quantitative estimate of drug-likeness (QED) is 0.847. The van der Waals surface area contributed by atoms with Crippen LogP contribution in [0.1, 0.15) is 21.5 Å². The van der Waals surface area contributed by atoms with Crippen LogP contribution in [0.5, 0.6) is 0 Å². The van der Waals surface area contributed by atoms with Gasteiger partial charge in [-0.3, -0.25) is 0 Å². The third kappa shape index (κ3) is 2.94. The predicted octanol–water partition coefficient (Wildman–Crippen LogP) is 3.83. The minimum atomic E-state index is -0.329. The van der Waals surface area contributed by atoms with E-state index in [9.17, 15) is 4.79 Å². The number of carbonyl (C=O) groups excluding carboxylic acids is 1. The van der Waals surface area contributed by atoms with Crippen LogP contribution in [0, 0.1) is 13.8 Å². The summed E-state index contributed by atoms with van der Waals surface area (Å²) in [6.45, 7) is 4.11. The van der Waals surface area contributed by atoms with E-state index in [2.05, 4.69) is 31.3 Å². The molecule has 2 aromatic carbocycles. The number of para-hydroxylation sites is 1. The molecule has 0 heterocycles. The Morgan fingerprint density at radius 1 is 1.05 bits per heavy atom. The van der Waals surface area contributed by atoms with E-state index in [4.69, 9.17) is 4.74 Å². The van der Waals surface area contributed by atoms with E-state index in [1.165, 1.54) is 18.2 Å². The number of carbonyl (C=O) groups is 1. The number of hydrogen-bond acceptors (Lipinski definition) is 3. The smallest absolute Gasteiger partial charge is 0.337 e. The molecule has 1 N–H and O–H groups in total. The Kier molecular flexibility index (Phi) is 3.85. The first-order chi connectivity index (χ1) is 9.11. The molecule has 0 bridgehead atoms. The lowest BCUT2D eigenvalue weighted by atomic mass is 10.1. The van der Waals surface area contributed by atoms with E-state index in [0.29, 0.717) is 5.56 Å². The second-order valence-electron chi connectivity index (χ2n) is 4.46. The molecule has 3 nitrogen and oxygen atoms in total. The molecular weight excluding hydrogens is 238 g/mol. The summed E-state index contributed by atoms with van der Waals surface area (Å²) in [6, 6.07) is 13.4. The Balaban J connectivity index is 2.31. The maximum Gasteiger partial charge on any atom is 0.337 e. The summed E-state index contributed by atoms with van der Waals surface area (Å²) < 4.78 is 4.72. The van der Waals surface area contributed by atoms with Crippen LogP contribution in [0.2, 0.25) is 0 Å². The van der Waals surface area contributed by atoms with E-state index in [1.54, 1.807) is 12.1 Å². The number of benzene rings is 2. The molecule has 0 spiro atoms. The van der Waals surface area contributed by atoms with Gasteiger partial charge >= 0.3 is 5.97 Å². The standard InChI is InChI=1S/C16H17NO2/c1-11-6-4-7-12(2)15(11)17-14-9-5-8-13(10-14)16(18)19-3/h4-10,17H,1-3H3. The van der Waals surface area contributed by atoms with Gasteiger partial charge in [-0.15, -0.1) is 0 Å². The van der Waals surface area contributed by atoms with Gasteiger partial charge < -0.3 is 10.1 Å². The Hall–Kier alpha value is -2.29. The fourth-order valence-corrected chi connectivity index (χ4v) is 2.00. The lowest BCUT2D eigenvalue weighted by molar-refractivity contribution is 0.0601. The highest BCUT2D eigenvalue weighted by Gasteiger charge is 2.07. The predicted molar refractivity (Wildman–Crippen MR) is 77.0 cm³/mol. The highest BCUT2D eigenvalue weighted by Crippen LogP contribution is 2.24. The van der Waals surface area contributed by atoms with Crippen molar-refractivity contribution in [3.8, 4) is 0 Å². The zero-order valence-electron chi connectivity index (χ0n) is 11.4. The molecule has 0 atom stereocenters. The van der Waals surface area contributed by atoms with Crippen LogP contribution in [0.3, 0.4) is 0 Å². The van der Waals surface area contributed by atoms with Crippen molar-refractivity contribution >= 4 is 17.3 Å². The van der Waals surface area contributed by atoms with Crippen molar-refractivity contribution in [2.24, 2.45) is 0 Å². The van der Waals surface area contributed by atoms with Crippen LogP contribution in [0.25, 0.3) is 0 Å². The number of methoxy groups -OCH3 is 1. The summed E-state index contributed by atoms with van der Waals surface area (Å²) in [5.41, 5.74) is 4.83. The van der Waals surface area contributed by atoms with Crippen molar-refractivity contribution in [2.75, 3.05) is 12.4 Å². The van der Waals surface area contributed by atoms with Gasteiger partial charge in [0, 0.05) is 11.4 Å². The van der Waals surface area contributed by atoms with E-state index >= 15 is 0 Å². The lowest BCUT2D eigenvalue weighted by Gasteiger charge is -2.13. The first kappa shape index (κ1) is 13.1. The van der Waals surface area contributed by atoms with Crippen molar-refractivity contribution in [1.29, 1.82) is 0 Å². The number of hydrogen-bond donors (Lipinski definition) is 1. The molecule has 98 valence electrons. The van der Waals surface area contributed by atoms with Gasteiger partial charge in [0.2, 0.25) is 0 Å². The maximum atomic E-state index is 11.5. The zero-order chi connectivity index (χ0) is 13.8. The van der Waals surface area contributed by atoms with E-state index in [-0.39, 0.29) is 5.97 Å². The summed E-state index contributed by atoms with van der Waals surface area (Å²) in [6.07, 6.45) is 0. The van der Waals surface area contributed by atoms with Gasteiger partial charge in [0.05, 0.1) is 12.7 Å². The Morgan fingerprint density at radius 3 is 2.32 bits per heavy atom. The molecule has 0 aliphatic rings. The van der Waals surface area contributed by atoms with Crippen molar-refractivity contribution in [1.82, 2.24) is 0 Å². The van der Waals surface area contributed by atoms with Gasteiger partial charge in [-0.25, -0.2) is 4.79 Å². The van der Waals surface area contributed by atoms with Gasteiger partial charge in [-0.2, -0.15) is 0 Å². The number of aryl methyl sites for hydroxylation is 2. The first-order valence-electron chi connectivity index (χ1n) is 6.13. The summed E-state index contributed by atoms with van der Waals surface area (Å²) >= 11 is 0. The van der Waals surface area contributed by atoms with Crippen molar-refractivity contribution in [3.63, 3.8) is 0 Å². The molecule has 2 aromatic rings. The molecule has 0 unspecified atom stereocenters. The summed E-state index contributed by atoms with van der Waals surface area (Å²) in [7, 11) is 1.38. The molecule has 0 aromatic heterocycles. The molecule has 0 radical (unpaired) electrons. The molecule has 0 amide bonds. The lowest BCUT2D eigenvalue weighted by Crippen LogP contribution is -2.02. The van der Waals surface area contributed by atoms with Crippen LogP contribution >= 0.6 is 0 Å². The van der Waals surface area contributed by atoms with Crippen molar-refractivity contribution in [2.45, 2.75) is 13.8 Å². The molecule has 0 aliphatic heterocycles. The second-order valence-corrected chi connectivity index (χ2v) is 4.46. The summed E-state index contributed by atoms with van der Waals surface area (Å²) in [5, 5.41) is 3.35. The first-order valence-corrected chi connectivity index (χ1v) is 6.13. The average molecular weight is 255 g/mol. The van der Waals surface area contributed by atoms with Crippen LogP contribution in [-0.2, 0) is 4.74 Å². The molecule has 0 saturated carbocycles. The zero-order valence-corrected chi connectivity index (χ0v) is 11.4. The van der Waals surface area contributed by atoms with Crippen LogP contribution in [-0.4, -0.2) is 13.1 Å². The van der Waals surface area contributed by atoms with Crippen molar-refractivity contribution in [3.05, 3.63) is 59.2 Å². The van der Waals surface area contributed by atoms with Crippen LogP contribution < -0.4 is 5.32 Å². The average Bonchev–Trinajstić information content (AvgIpc) is 2.42. The Morgan fingerprint density at radius 2 is 1.68 bits per heavy atom. The SMILES string of the molecule is COC(=O)c1cccc(Nc2c(C)cccc2C)c1. The summed E-state index contributed by atoms with van der Waals surface area (Å²) in [4.78, 5) is 11.5. The molecule has 2 rings (SSSR count). The molecule has 19 heavy (non-hydrogen) atoms. The number of rotatable bonds is 3. The van der Waals surface area contributed by atoms with Crippen LogP contribution in [0.4, 0.5) is 11.4 Å². The van der Waals surface area contributed by atoms with Gasteiger partial charge in [0.15, 0.2) is 0 Å². The monoisotopic (exact) mass is 255 g/mol. The number of ether oxygens (including phenoxy) is 1. The fraction of sp³-hybridized carbons (Fsp3) is 0.188. The van der Waals surface area contributed by atoms with Gasteiger partial charge in [-0.1, -0.05) is 24.3 Å². The third-order valence-electron chi connectivity index (χ3n) is 3.03. The van der Waals surface area contributed by atoms with Gasteiger partial charge in [0.1, 0.15) is 0 Å². The molecular formula is C16H17NO2. The van der Waals surface area contributed by atoms with Gasteiger partial charge in [-0.05, 0) is 43.2 Å². The third-order valence-corrected chi connectivity index (χ3v) is 3.03. The number of nitrogens with one attached hydrogen (secondary N) is 1. The Bertz CT molecular complexity index is 585. The second kappa shape index (κ2) is 5.57. The fourth-order valence-electron chi connectivity index (χ4n) is 2.00. The number of anilines is 2. The molecule has 3 heteroatoms. The Labute approximate surface area is 113 Å². The van der Waals surface area contributed by atoms with Gasteiger partial charge in [0.25, 0.3) is 0 Å². The number of esters is 1. The van der Waals surface area contributed by atoms with Crippen LogP contribution in [0.15, 0.2) is 42.5 Å². The highest BCUT2D eigenvalue weighted by molar-refractivity contribution is 5.90. The van der Waals surface area contributed by atoms with E-state index < -0.39 is 0 Å². The van der Waals surface area contributed by atoms with Crippen molar-refractivity contribution < 1.29 is 9.53 Å². The normalized spacial score (nSPS) is 10.1. The molecule has 0 fully saturated rings. The molecule has 0 aliphatic carbocycles. The largest absolute Gasteiger partial charge is 0.465 e. The van der Waals surface area contributed by atoms with E-state index in [1.807, 2.05) is 18.2 Å². The minimum Gasteiger partial charge on any atom is -0.465 e. The minimum absolute atomic E-state index is 0.329. The summed E-state index contributed by atoms with van der Waals surface area (Å²) in [5.74, 6) is -0.329. The topological polar surface area (TPSA) is 38.3 Å². The molecule has 0 saturated heterocycles. The highest BCUT2D eigenvalue weighted by atomic mass is 16.5.